The summed E-state index contributed by atoms with van der Waals surface area (Å²) >= 11 is 0. The van der Waals surface area contributed by atoms with Crippen LogP contribution in [0.1, 0.15) is 59.8 Å². The smallest absolute Gasteiger partial charge is 0.246 e. The lowest BCUT2D eigenvalue weighted by Crippen LogP contribution is -2.67. The number of hydrogen-bond acceptors (Lipinski definition) is 2. The molecule has 2 atom stereocenters. The van der Waals surface area contributed by atoms with Crippen LogP contribution >= 0.6 is 0 Å². The van der Waals surface area contributed by atoms with Crippen LogP contribution < -0.4 is 5.32 Å². The van der Waals surface area contributed by atoms with Crippen molar-refractivity contribution in [2.24, 2.45) is 11.8 Å². The van der Waals surface area contributed by atoms with Gasteiger partial charge in [-0.1, -0.05) is 27.7 Å². The molecule has 0 aromatic rings. The van der Waals surface area contributed by atoms with Gasteiger partial charge in [-0.3, -0.25) is 9.59 Å². The first-order valence-corrected chi connectivity index (χ1v) is 8.08. The first-order chi connectivity index (χ1) is 9.45. The third-order valence-electron chi connectivity index (χ3n) is 4.86. The van der Waals surface area contributed by atoms with E-state index in [1.54, 1.807) is 0 Å². The Hall–Kier alpha value is -1.06. The second-order valence-corrected chi connectivity index (χ2v) is 6.82. The molecule has 1 heterocycles. The van der Waals surface area contributed by atoms with Crippen molar-refractivity contribution < 1.29 is 9.59 Å². The zero-order chi connectivity index (χ0) is 14.9. The normalized spacial score (nSPS) is 35.4. The third kappa shape index (κ3) is 2.84. The van der Waals surface area contributed by atoms with E-state index in [0.29, 0.717) is 6.42 Å². The van der Waals surface area contributed by atoms with Crippen molar-refractivity contribution in [3.63, 3.8) is 0 Å². The zero-order valence-corrected chi connectivity index (χ0v) is 13.2. The van der Waals surface area contributed by atoms with Crippen LogP contribution in [-0.2, 0) is 9.59 Å². The predicted molar refractivity (Wildman–Crippen MR) is 79.1 cm³/mol. The van der Waals surface area contributed by atoms with Crippen molar-refractivity contribution in [1.29, 1.82) is 0 Å². The summed E-state index contributed by atoms with van der Waals surface area (Å²) in [6, 6.07) is -0.355. The monoisotopic (exact) mass is 280 g/mol. The molecule has 0 aromatic carbocycles. The molecule has 114 valence electrons. The summed E-state index contributed by atoms with van der Waals surface area (Å²) in [4.78, 5) is 27.0. The highest BCUT2D eigenvalue weighted by atomic mass is 16.2. The van der Waals surface area contributed by atoms with Crippen LogP contribution in [0.5, 0.6) is 0 Å². The van der Waals surface area contributed by atoms with Crippen molar-refractivity contribution in [1.82, 2.24) is 10.2 Å². The van der Waals surface area contributed by atoms with Crippen LogP contribution in [0.25, 0.3) is 0 Å². The van der Waals surface area contributed by atoms with E-state index in [1.807, 2.05) is 25.7 Å². The molecule has 4 heteroatoms. The Morgan fingerprint density at radius 1 is 1.20 bits per heavy atom. The lowest BCUT2D eigenvalue weighted by atomic mass is 9.84. The van der Waals surface area contributed by atoms with Gasteiger partial charge in [0.25, 0.3) is 0 Å². The molecular weight excluding hydrogens is 252 g/mol. The largest absolute Gasteiger partial charge is 0.343 e. The van der Waals surface area contributed by atoms with Gasteiger partial charge in [0.15, 0.2) is 0 Å². The molecule has 1 saturated carbocycles. The fourth-order valence-corrected chi connectivity index (χ4v) is 3.59. The highest BCUT2D eigenvalue weighted by molar-refractivity contribution is 5.97. The Morgan fingerprint density at radius 2 is 1.80 bits per heavy atom. The van der Waals surface area contributed by atoms with Crippen LogP contribution in [0, 0.1) is 11.8 Å². The fraction of sp³-hybridized carbons (Fsp3) is 0.875. The summed E-state index contributed by atoms with van der Waals surface area (Å²) in [5.41, 5.74) is 0. The fourth-order valence-electron chi connectivity index (χ4n) is 3.59. The first kappa shape index (κ1) is 15.3. The Bertz CT molecular complexity index is 373. The molecule has 0 spiro atoms. The van der Waals surface area contributed by atoms with Crippen LogP contribution in [0.3, 0.4) is 0 Å². The number of amides is 2. The van der Waals surface area contributed by atoms with E-state index < -0.39 is 0 Å². The van der Waals surface area contributed by atoms with Crippen LogP contribution in [0.15, 0.2) is 0 Å². The average molecular weight is 280 g/mol. The van der Waals surface area contributed by atoms with E-state index in [9.17, 15) is 9.59 Å². The molecule has 0 bridgehead atoms. The van der Waals surface area contributed by atoms with E-state index in [-0.39, 0.29) is 35.9 Å². The molecule has 1 saturated heterocycles. The molecule has 0 radical (unpaired) electrons. The SMILES string of the molecule is CCC1NC(=O)C(C(C)C)N(C2CCC(C)CC2)C1=O. The van der Waals surface area contributed by atoms with Gasteiger partial charge in [-0.15, -0.1) is 0 Å². The van der Waals surface area contributed by atoms with Crippen molar-refractivity contribution in [3.05, 3.63) is 0 Å². The Kier molecular flexibility index (Phi) is 4.71. The summed E-state index contributed by atoms with van der Waals surface area (Å²) in [5.74, 6) is 1.07. The molecule has 4 nitrogen and oxygen atoms in total. The highest BCUT2D eigenvalue weighted by Gasteiger charge is 2.44. The lowest BCUT2D eigenvalue weighted by Gasteiger charge is -2.46. The molecule has 1 aliphatic carbocycles. The molecule has 2 fully saturated rings. The number of hydrogen-bond donors (Lipinski definition) is 1. The van der Waals surface area contributed by atoms with Crippen molar-refractivity contribution in [2.75, 3.05) is 0 Å². The van der Waals surface area contributed by atoms with Gasteiger partial charge in [-0.05, 0) is 43.9 Å². The maximum Gasteiger partial charge on any atom is 0.246 e. The molecule has 2 aliphatic rings. The maximum atomic E-state index is 12.7. The van der Waals surface area contributed by atoms with Gasteiger partial charge in [0.1, 0.15) is 12.1 Å². The van der Waals surface area contributed by atoms with Crippen molar-refractivity contribution >= 4 is 11.8 Å². The molecule has 20 heavy (non-hydrogen) atoms. The summed E-state index contributed by atoms with van der Waals surface area (Å²) in [5, 5.41) is 2.89. The second kappa shape index (κ2) is 6.15. The number of nitrogens with zero attached hydrogens (tertiary/aromatic N) is 1. The molecular formula is C16H28N2O2. The number of nitrogens with one attached hydrogen (secondary N) is 1. The van der Waals surface area contributed by atoms with Gasteiger partial charge in [0, 0.05) is 6.04 Å². The third-order valence-corrected chi connectivity index (χ3v) is 4.86. The van der Waals surface area contributed by atoms with E-state index >= 15 is 0 Å². The second-order valence-electron chi connectivity index (χ2n) is 6.82. The van der Waals surface area contributed by atoms with Gasteiger partial charge in [0.05, 0.1) is 0 Å². The summed E-state index contributed by atoms with van der Waals surface area (Å²) in [7, 11) is 0. The van der Waals surface area contributed by atoms with E-state index in [4.69, 9.17) is 0 Å². The van der Waals surface area contributed by atoms with Gasteiger partial charge in [-0.2, -0.15) is 0 Å². The summed E-state index contributed by atoms with van der Waals surface area (Å²) in [6.07, 6.45) is 5.09. The topological polar surface area (TPSA) is 49.4 Å². The Balaban J connectivity index is 2.22. The predicted octanol–water partition coefficient (Wildman–Crippen LogP) is 2.33. The molecule has 1 N–H and O–H groups in total. The van der Waals surface area contributed by atoms with Gasteiger partial charge in [-0.25, -0.2) is 0 Å². The lowest BCUT2D eigenvalue weighted by molar-refractivity contribution is -0.155. The minimum absolute atomic E-state index is 0.0325. The van der Waals surface area contributed by atoms with E-state index in [2.05, 4.69) is 12.2 Å². The standard InChI is InChI=1S/C16H28N2O2/c1-5-13-16(20)18(12-8-6-11(4)7-9-12)14(10(2)3)15(19)17-13/h10-14H,5-9H2,1-4H3,(H,17,19). The van der Waals surface area contributed by atoms with Crippen LogP contribution in [0.4, 0.5) is 0 Å². The summed E-state index contributed by atoms with van der Waals surface area (Å²) < 4.78 is 0. The van der Waals surface area contributed by atoms with Crippen LogP contribution in [-0.4, -0.2) is 34.8 Å². The quantitative estimate of drug-likeness (QED) is 0.862. The number of carbonyl (C=O) groups is 2. The maximum absolute atomic E-state index is 12.7. The van der Waals surface area contributed by atoms with Crippen LogP contribution in [0.2, 0.25) is 0 Å². The Labute approximate surface area is 122 Å². The molecule has 2 rings (SSSR count). The molecule has 2 amide bonds. The van der Waals surface area contributed by atoms with Crippen molar-refractivity contribution in [3.8, 4) is 0 Å². The zero-order valence-electron chi connectivity index (χ0n) is 13.2. The van der Waals surface area contributed by atoms with E-state index in [1.165, 1.54) is 0 Å². The number of carbonyl (C=O) groups excluding carboxylic acids is 2. The average Bonchev–Trinajstić information content (AvgIpc) is 2.41. The minimum atomic E-state index is -0.322. The number of piperazine rings is 1. The Morgan fingerprint density at radius 3 is 2.30 bits per heavy atom. The van der Waals surface area contributed by atoms with Gasteiger partial charge in [0.2, 0.25) is 11.8 Å². The molecule has 1 aliphatic heterocycles. The first-order valence-electron chi connectivity index (χ1n) is 8.08. The highest BCUT2D eigenvalue weighted by Crippen LogP contribution is 2.31. The molecule has 0 aromatic heterocycles. The minimum Gasteiger partial charge on any atom is -0.343 e. The van der Waals surface area contributed by atoms with E-state index in [0.717, 1.165) is 31.6 Å². The summed E-state index contributed by atoms with van der Waals surface area (Å²) in [6.45, 7) is 8.29. The van der Waals surface area contributed by atoms with Crippen molar-refractivity contribution in [2.45, 2.75) is 77.9 Å². The van der Waals surface area contributed by atoms with Gasteiger partial charge < -0.3 is 10.2 Å². The van der Waals surface area contributed by atoms with Gasteiger partial charge >= 0.3 is 0 Å². The molecule has 2 unspecified atom stereocenters. The number of rotatable bonds is 3.